The molecule has 0 aromatic heterocycles. The number of benzene rings is 1. The van der Waals surface area contributed by atoms with Crippen molar-refractivity contribution in [2.75, 3.05) is 11.9 Å². The molecule has 1 amide bonds. The zero-order chi connectivity index (χ0) is 13.5. The van der Waals surface area contributed by atoms with Crippen LogP contribution < -0.4 is 10.6 Å². The number of hydrogen-bond acceptors (Lipinski definition) is 2. The molecule has 98 valence electrons. The minimum absolute atomic E-state index is 0.0490. The Labute approximate surface area is 109 Å². The highest BCUT2D eigenvalue weighted by atomic mass is 16.1. The van der Waals surface area contributed by atoms with Gasteiger partial charge >= 0.3 is 0 Å². The van der Waals surface area contributed by atoms with Crippen LogP contribution in [0.5, 0.6) is 0 Å². The van der Waals surface area contributed by atoms with Crippen LogP contribution in [0, 0.1) is 0 Å². The van der Waals surface area contributed by atoms with Gasteiger partial charge in [0.2, 0.25) is 5.91 Å². The van der Waals surface area contributed by atoms with Crippen molar-refractivity contribution in [1.82, 2.24) is 5.32 Å². The van der Waals surface area contributed by atoms with Crippen LogP contribution in [-0.4, -0.2) is 12.5 Å². The Morgan fingerprint density at radius 2 is 2.17 bits per heavy atom. The summed E-state index contributed by atoms with van der Waals surface area (Å²) in [5.41, 5.74) is 3.19. The van der Waals surface area contributed by atoms with Crippen LogP contribution in [0.2, 0.25) is 0 Å². The van der Waals surface area contributed by atoms with Crippen molar-refractivity contribution >= 4 is 11.6 Å². The molecule has 1 aromatic carbocycles. The molecular formula is C15H22N2O. The van der Waals surface area contributed by atoms with Crippen molar-refractivity contribution in [3.8, 4) is 0 Å². The van der Waals surface area contributed by atoms with E-state index in [2.05, 4.69) is 37.1 Å². The first-order valence-electron chi connectivity index (χ1n) is 6.30. The molecule has 0 radical (unpaired) electrons. The van der Waals surface area contributed by atoms with Gasteiger partial charge in [0, 0.05) is 25.2 Å². The smallest absolute Gasteiger partial charge is 0.221 e. The lowest BCUT2D eigenvalue weighted by Gasteiger charge is -2.16. The fraction of sp³-hybridized carbons (Fsp3) is 0.400. The van der Waals surface area contributed by atoms with Gasteiger partial charge in [-0.15, -0.1) is 0 Å². The van der Waals surface area contributed by atoms with E-state index in [1.54, 1.807) is 0 Å². The molecule has 1 atom stereocenters. The number of nitrogens with one attached hydrogen (secondary N) is 2. The van der Waals surface area contributed by atoms with E-state index in [-0.39, 0.29) is 11.9 Å². The van der Waals surface area contributed by atoms with Crippen LogP contribution in [0.15, 0.2) is 36.4 Å². The third kappa shape index (κ3) is 4.72. The van der Waals surface area contributed by atoms with E-state index in [0.29, 0.717) is 0 Å². The molecule has 0 heterocycles. The number of hydrogen-bond donors (Lipinski definition) is 2. The summed E-state index contributed by atoms with van der Waals surface area (Å²) in [7, 11) is 0. The first kappa shape index (κ1) is 14.5. The van der Waals surface area contributed by atoms with Gasteiger partial charge in [-0.3, -0.25) is 4.79 Å². The predicted molar refractivity (Wildman–Crippen MR) is 76.6 cm³/mol. The average molecular weight is 246 g/mol. The zero-order valence-electron chi connectivity index (χ0n) is 11.4. The third-order valence-corrected chi connectivity index (χ3v) is 2.87. The highest BCUT2D eigenvalue weighted by Crippen LogP contribution is 2.17. The van der Waals surface area contributed by atoms with Crippen molar-refractivity contribution in [1.29, 1.82) is 0 Å². The van der Waals surface area contributed by atoms with E-state index in [9.17, 15) is 4.79 Å². The summed E-state index contributed by atoms with van der Waals surface area (Å²) >= 11 is 0. The van der Waals surface area contributed by atoms with Crippen LogP contribution in [-0.2, 0) is 4.79 Å². The number of anilines is 1. The molecule has 3 nitrogen and oxygen atoms in total. The first-order chi connectivity index (χ1) is 8.52. The molecule has 0 aliphatic carbocycles. The van der Waals surface area contributed by atoms with Crippen molar-refractivity contribution in [3.05, 3.63) is 42.0 Å². The summed E-state index contributed by atoms with van der Waals surface area (Å²) in [6.45, 7) is 10.5. The summed E-state index contributed by atoms with van der Waals surface area (Å²) in [5.74, 6) is -0.0490. The van der Waals surface area contributed by atoms with Crippen molar-refractivity contribution in [2.24, 2.45) is 0 Å². The van der Waals surface area contributed by atoms with E-state index >= 15 is 0 Å². The molecule has 1 rings (SSSR count). The molecule has 0 bridgehead atoms. The summed E-state index contributed by atoms with van der Waals surface area (Å²) in [6, 6.07) is 8.13. The molecule has 2 N–H and O–H groups in total. The largest absolute Gasteiger partial charge is 0.326 e. The van der Waals surface area contributed by atoms with Crippen LogP contribution in [0.3, 0.4) is 0 Å². The molecule has 0 saturated heterocycles. The van der Waals surface area contributed by atoms with Crippen LogP contribution in [0.25, 0.3) is 0 Å². The monoisotopic (exact) mass is 246 g/mol. The Morgan fingerprint density at radius 1 is 1.44 bits per heavy atom. The average Bonchev–Trinajstić information content (AvgIpc) is 2.35. The minimum Gasteiger partial charge on any atom is -0.326 e. The van der Waals surface area contributed by atoms with Gasteiger partial charge in [0.05, 0.1) is 0 Å². The van der Waals surface area contributed by atoms with E-state index in [0.717, 1.165) is 24.2 Å². The maximum absolute atomic E-state index is 11.0. The van der Waals surface area contributed by atoms with Gasteiger partial charge in [-0.25, -0.2) is 0 Å². The van der Waals surface area contributed by atoms with Crippen molar-refractivity contribution in [3.63, 3.8) is 0 Å². The molecule has 18 heavy (non-hydrogen) atoms. The predicted octanol–water partition coefficient (Wildman–Crippen LogP) is 3.26. The molecule has 1 unspecified atom stereocenters. The standard InChI is InChI=1S/C15H22N2O/c1-5-11(2)10-16-12(3)14-7-6-8-15(9-14)17-13(4)18/h6-9,12,16H,2,5,10H2,1,3-4H3,(H,17,18). The number of carbonyl (C=O) groups is 1. The molecule has 0 spiro atoms. The fourth-order valence-electron chi connectivity index (χ4n) is 1.63. The van der Waals surface area contributed by atoms with Crippen molar-refractivity contribution in [2.45, 2.75) is 33.2 Å². The molecule has 0 saturated carbocycles. The molecule has 1 aromatic rings. The van der Waals surface area contributed by atoms with Gasteiger partial charge in [0.1, 0.15) is 0 Å². The topological polar surface area (TPSA) is 41.1 Å². The Balaban J connectivity index is 2.64. The molecule has 0 aliphatic rings. The highest BCUT2D eigenvalue weighted by Gasteiger charge is 2.06. The van der Waals surface area contributed by atoms with Gasteiger partial charge in [0.25, 0.3) is 0 Å². The quantitative estimate of drug-likeness (QED) is 0.756. The molecule has 0 aliphatic heterocycles. The normalized spacial score (nSPS) is 11.9. The third-order valence-electron chi connectivity index (χ3n) is 2.87. The van der Waals surface area contributed by atoms with E-state index in [4.69, 9.17) is 0 Å². The Hall–Kier alpha value is -1.61. The first-order valence-corrected chi connectivity index (χ1v) is 6.30. The second-order valence-electron chi connectivity index (χ2n) is 4.51. The van der Waals surface area contributed by atoms with E-state index in [1.807, 2.05) is 18.2 Å². The van der Waals surface area contributed by atoms with E-state index < -0.39 is 0 Å². The van der Waals surface area contributed by atoms with Gasteiger partial charge in [0.15, 0.2) is 0 Å². The SMILES string of the molecule is C=C(CC)CNC(C)c1cccc(NC(C)=O)c1. The Kier molecular flexibility index (Phi) is 5.59. The van der Waals surface area contributed by atoms with Gasteiger partial charge in [-0.1, -0.05) is 31.2 Å². The van der Waals surface area contributed by atoms with Gasteiger partial charge in [-0.05, 0) is 31.0 Å². The van der Waals surface area contributed by atoms with Gasteiger partial charge in [-0.2, -0.15) is 0 Å². The van der Waals surface area contributed by atoms with Gasteiger partial charge < -0.3 is 10.6 Å². The highest BCUT2D eigenvalue weighted by molar-refractivity contribution is 5.88. The lowest BCUT2D eigenvalue weighted by atomic mass is 10.1. The summed E-state index contributed by atoms with van der Waals surface area (Å²) in [5, 5.41) is 6.21. The number of amides is 1. The Morgan fingerprint density at radius 3 is 2.78 bits per heavy atom. The van der Waals surface area contributed by atoms with Crippen LogP contribution in [0.4, 0.5) is 5.69 Å². The number of carbonyl (C=O) groups excluding carboxylic acids is 1. The summed E-state index contributed by atoms with van der Waals surface area (Å²) in [4.78, 5) is 11.0. The van der Waals surface area contributed by atoms with Crippen molar-refractivity contribution < 1.29 is 4.79 Å². The summed E-state index contributed by atoms with van der Waals surface area (Å²) in [6.07, 6.45) is 0.992. The maximum Gasteiger partial charge on any atom is 0.221 e. The summed E-state index contributed by atoms with van der Waals surface area (Å²) < 4.78 is 0. The second kappa shape index (κ2) is 6.97. The lowest BCUT2D eigenvalue weighted by molar-refractivity contribution is -0.114. The lowest BCUT2D eigenvalue weighted by Crippen LogP contribution is -2.21. The van der Waals surface area contributed by atoms with Crippen LogP contribution >= 0.6 is 0 Å². The Bertz CT molecular complexity index is 426. The second-order valence-corrected chi connectivity index (χ2v) is 4.51. The minimum atomic E-state index is -0.0490. The maximum atomic E-state index is 11.0. The zero-order valence-corrected chi connectivity index (χ0v) is 11.4. The molecule has 0 fully saturated rings. The van der Waals surface area contributed by atoms with E-state index in [1.165, 1.54) is 12.5 Å². The molecular weight excluding hydrogens is 224 g/mol. The fourth-order valence-corrected chi connectivity index (χ4v) is 1.63. The molecule has 3 heteroatoms. The van der Waals surface area contributed by atoms with Crippen LogP contribution in [0.1, 0.15) is 38.8 Å². The number of rotatable bonds is 6.